The maximum Gasteiger partial charge on any atom is 0.328 e. The SMILES string of the molecule is N.NS(=O)(=O)CS(=O)(=O)O.NS(=O)(=O)S(N)(=O)=O. The summed E-state index contributed by atoms with van der Waals surface area (Å²) in [6.07, 6.45) is 0. The van der Waals surface area contributed by atoms with Gasteiger partial charge in [-0.1, -0.05) is 0 Å². The first-order valence-electron chi connectivity index (χ1n) is 2.97. The van der Waals surface area contributed by atoms with E-state index in [2.05, 4.69) is 15.4 Å². The van der Waals surface area contributed by atoms with Gasteiger partial charge in [0.15, 0.2) is 5.08 Å². The van der Waals surface area contributed by atoms with Crippen molar-refractivity contribution in [3.05, 3.63) is 0 Å². The Balaban J connectivity index is -0.000000238. The van der Waals surface area contributed by atoms with Crippen molar-refractivity contribution in [1.29, 1.82) is 0 Å². The molecular weight excluding hydrogens is 340 g/mol. The van der Waals surface area contributed by atoms with Gasteiger partial charge in [0.25, 0.3) is 10.1 Å². The highest BCUT2D eigenvalue weighted by Gasteiger charge is 2.17. The van der Waals surface area contributed by atoms with Crippen LogP contribution in [-0.4, -0.2) is 43.3 Å². The second-order valence-electron chi connectivity index (χ2n) is 2.35. The quantitative estimate of drug-likeness (QED) is 0.241. The van der Waals surface area contributed by atoms with Gasteiger partial charge in [-0.25, -0.2) is 23.8 Å². The minimum Gasteiger partial charge on any atom is -0.344 e. The number of nitrogens with two attached hydrogens (primary N) is 3. The highest BCUT2D eigenvalue weighted by molar-refractivity contribution is 8.65. The lowest BCUT2D eigenvalue weighted by Crippen LogP contribution is -2.29. The molecule has 114 valence electrons. The molecule has 0 aliphatic rings. The Morgan fingerprint density at radius 2 is 0.944 bits per heavy atom. The zero-order valence-corrected chi connectivity index (χ0v) is 11.8. The van der Waals surface area contributed by atoms with Crippen molar-refractivity contribution < 1.29 is 38.2 Å². The first kappa shape index (κ1) is 22.8. The molecule has 0 radical (unpaired) electrons. The van der Waals surface area contributed by atoms with Crippen LogP contribution in [0.2, 0.25) is 0 Å². The van der Waals surface area contributed by atoms with Crippen LogP contribution in [0.1, 0.15) is 0 Å². The summed E-state index contributed by atoms with van der Waals surface area (Å²) in [6.45, 7) is 0. The predicted molar refractivity (Wildman–Crippen MR) is 60.8 cm³/mol. The molecule has 10 N–H and O–H groups in total. The van der Waals surface area contributed by atoms with Crippen LogP contribution >= 0.6 is 0 Å². The molecule has 0 bridgehead atoms. The van der Waals surface area contributed by atoms with Crippen molar-refractivity contribution in [3.8, 4) is 0 Å². The fraction of sp³-hybridized carbons (Fsp3) is 1.00. The molecule has 0 spiro atoms. The van der Waals surface area contributed by atoms with Gasteiger partial charge in [-0.05, 0) is 0 Å². The van der Waals surface area contributed by atoms with Crippen molar-refractivity contribution in [2.24, 2.45) is 15.4 Å². The standard InChI is InChI=1S/CH5NO5S2.H4N2O4S2.H3N/c2-8(3,4)1-9(5,6)7;1-7(3,4)8(2,5)6;/h1H2,(H2,2,3,4)(H,5,6,7);(H2,1,3,4)(H2,2,5,6);1H3. The molecule has 0 aliphatic carbocycles. The van der Waals surface area contributed by atoms with Crippen LogP contribution in [-0.2, 0) is 38.3 Å². The van der Waals surface area contributed by atoms with Crippen molar-refractivity contribution in [3.63, 3.8) is 0 Å². The van der Waals surface area contributed by atoms with E-state index < -0.39 is 43.3 Å². The third kappa shape index (κ3) is 15.6. The largest absolute Gasteiger partial charge is 0.344 e. The van der Waals surface area contributed by atoms with Gasteiger partial charge >= 0.3 is 18.1 Å². The van der Waals surface area contributed by atoms with E-state index in [1.165, 1.54) is 0 Å². The molecule has 0 aliphatic heterocycles. The highest BCUT2D eigenvalue weighted by Crippen LogP contribution is 1.85. The molecule has 13 nitrogen and oxygen atoms in total. The van der Waals surface area contributed by atoms with Crippen molar-refractivity contribution >= 4 is 38.3 Å². The summed E-state index contributed by atoms with van der Waals surface area (Å²) in [5.74, 6) is 0. The van der Waals surface area contributed by atoms with Crippen LogP contribution in [0.4, 0.5) is 0 Å². The van der Waals surface area contributed by atoms with Crippen molar-refractivity contribution in [2.45, 2.75) is 0 Å². The number of sulfonamides is 1. The van der Waals surface area contributed by atoms with Gasteiger partial charge in [-0.2, -0.15) is 25.3 Å². The van der Waals surface area contributed by atoms with E-state index in [9.17, 15) is 33.7 Å². The number of primary sulfonamides is 1. The third-order valence-electron chi connectivity index (χ3n) is 0.637. The molecule has 0 aromatic carbocycles. The number of rotatable bonds is 3. The number of hydrogen-bond donors (Lipinski definition) is 5. The lowest BCUT2D eigenvalue weighted by molar-refractivity contribution is 0.487. The van der Waals surface area contributed by atoms with Crippen molar-refractivity contribution in [2.75, 3.05) is 5.08 Å². The summed E-state index contributed by atoms with van der Waals surface area (Å²) in [5, 5.41) is 11.0. The minimum absolute atomic E-state index is 0. The summed E-state index contributed by atoms with van der Waals surface area (Å²) < 4.78 is 86.0. The van der Waals surface area contributed by atoms with Gasteiger partial charge in [-0.15, -0.1) is 0 Å². The van der Waals surface area contributed by atoms with Gasteiger partial charge in [0.2, 0.25) is 10.0 Å². The Kier molecular flexibility index (Phi) is 8.44. The summed E-state index contributed by atoms with van der Waals surface area (Å²) in [7, 11) is -17.8. The molecule has 0 aromatic heterocycles. The molecule has 0 unspecified atom stereocenters. The second-order valence-corrected chi connectivity index (χ2v) is 10.5. The molecule has 0 amide bonds. The summed E-state index contributed by atoms with van der Waals surface area (Å²) in [6, 6.07) is 0. The van der Waals surface area contributed by atoms with Crippen LogP contribution in [0.5, 0.6) is 0 Å². The lowest BCUT2D eigenvalue weighted by Gasteiger charge is -1.90. The van der Waals surface area contributed by atoms with E-state index in [-0.39, 0.29) is 6.15 Å². The van der Waals surface area contributed by atoms with Crippen LogP contribution in [0.3, 0.4) is 0 Å². The van der Waals surface area contributed by atoms with Crippen LogP contribution in [0, 0.1) is 0 Å². The van der Waals surface area contributed by atoms with E-state index in [0.29, 0.717) is 0 Å². The molecule has 0 rings (SSSR count). The zero-order valence-electron chi connectivity index (χ0n) is 8.49. The van der Waals surface area contributed by atoms with E-state index in [4.69, 9.17) is 4.55 Å². The number of hydrogen-bond acceptors (Lipinski definition) is 9. The van der Waals surface area contributed by atoms with E-state index in [0.717, 1.165) is 0 Å². The van der Waals surface area contributed by atoms with E-state index >= 15 is 0 Å². The van der Waals surface area contributed by atoms with Gasteiger partial charge < -0.3 is 6.15 Å². The fourth-order valence-corrected chi connectivity index (χ4v) is 1.87. The normalized spacial score (nSPS) is 12.9. The van der Waals surface area contributed by atoms with Gasteiger partial charge in [0, 0.05) is 0 Å². The van der Waals surface area contributed by atoms with E-state index in [1.807, 2.05) is 0 Å². The lowest BCUT2D eigenvalue weighted by atomic mass is 11.9. The Morgan fingerprint density at radius 1 is 0.722 bits per heavy atom. The van der Waals surface area contributed by atoms with Gasteiger partial charge in [0.1, 0.15) is 0 Å². The summed E-state index contributed by atoms with van der Waals surface area (Å²) >= 11 is 0. The molecule has 0 fully saturated rings. The smallest absolute Gasteiger partial charge is 0.328 e. The Hall–Kier alpha value is -0.400. The van der Waals surface area contributed by atoms with Crippen LogP contribution in [0.25, 0.3) is 0 Å². The molecular formula is CH12N4O9S4. The topological polar surface area (TPSA) is 270 Å². The Bertz CT molecular complexity index is 590. The Labute approximate surface area is 103 Å². The summed E-state index contributed by atoms with van der Waals surface area (Å²) in [4.78, 5) is 0. The van der Waals surface area contributed by atoms with E-state index in [1.54, 1.807) is 0 Å². The first-order chi connectivity index (χ1) is 6.96. The molecule has 18 heavy (non-hydrogen) atoms. The van der Waals surface area contributed by atoms with Gasteiger partial charge in [-0.3, -0.25) is 4.55 Å². The predicted octanol–water partition coefficient (Wildman–Crippen LogP) is -4.24. The molecule has 0 atom stereocenters. The van der Waals surface area contributed by atoms with Crippen LogP contribution < -0.4 is 21.6 Å². The average molecular weight is 352 g/mol. The fourth-order valence-electron chi connectivity index (χ4n) is 0.208. The molecule has 0 saturated carbocycles. The van der Waals surface area contributed by atoms with Crippen LogP contribution in [0.15, 0.2) is 0 Å². The summed E-state index contributed by atoms with van der Waals surface area (Å²) in [5.41, 5.74) is 0. The highest BCUT2D eigenvalue weighted by atomic mass is 33.2. The zero-order chi connectivity index (χ0) is 14.7. The molecule has 0 saturated heterocycles. The first-order valence-corrected chi connectivity index (χ1v) is 9.90. The Morgan fingerprint density at radius 3 is 0.944 bits per heavy atom. The monoisotopic (exact) mass is 352 g/mol. The van der Waals surface area contributed by atoms with Gasteiger partial charge in [0.05, 0.1) is 0 Å². The third-order valence-corrected chi connectivity index (χ3v) is 5.73. The second kappa shape index (κ2) is 6.68. The minimum atomic E-state index is -4.59. The maximum absolute atomic E-state index is 9.89. The maximum atomic E-state index is 9.89. The molecule has 17 heteroatoms. The molecule has 0 aromatic rings. The molecule has 0 heterocycles. The van der Waals surface area contributed by atoms with Crippen molar-refractivity contribution in [1.82, 2.24) is 6.15 Å². The average Bonchev–Trinajstić information content (AvgIpc) is 1.71.